The summed E-state index contributed by atoms with van der Waals surface area (Å²) in [6.07, 6.45) is 4.43. The van der Waals surface area contributed by atoms with Crippen LogP contribution < -0.4 is 10.6 Å². The highest BCUT2D eigenvalue weighted by Gasteiger charge is 2.28. The average molecular weight is 313 g/mol. The van der Waals surface area contributed by atoms with Gasteiger partial charge < -0.3 is 10.6 Å². The second-order valence-corrected chi connectivity index (χ2v) is 7.51. The van der Waals surface area contributed by atoms with Gasteiger partial charge in [0.15, 0.2) is 15.8 Å². The number of rotatable bonds is 5. The van der Waals surface area contributed by atoms with E-state index in [-0.39, 0.29) is 17.5 Å². The molecule has 1 aliphatic heterocycles. The Morgan fingerprint density at radius 3 is 2.95 bits per heavy atom. The number of aliphatic imine (C=N–C) groups is 1. The molecule has 0 amide bonds. The second kappa shape index (κ2) is 6.93. The molecule has 1 fully saturated rings. The molecule has 0 radical (unpaired) electrons. The molecule has 2 heterocycles. The number of guanidine groups is 1. The number of sulfone groups is 1. The minimum atomic E-state index is -2.88. The van der Waals surface area contributed by atoms with Gasteiger partial charge in [-0.3, -0.25) is 9.67 Å². The lowest BCUT2D eigenvalue weighted by molar-refractivity contribution is 0.598. The van der Waals surface area contributed by atoms with Gasteiger partial charge in [0.1, 0.15) is 0 Å². The Bertz CT molecular complexity index is 593. The van der Waals surface area contributed by atoms with Crippen molar-refractivity contribution in [3.63, 3.8) is 0 Å². The van der Waals surface area contributed by atoms with Gasteiger partial charge in [-0.25, -0.2) is 8.42 Å². The number of nitrogens with zero attached hydrogens (tertiary/aromatic N) is 3. The fourth-order valence-electron chi connectivity index (χ4n) is 2.28. The Balaban J connectivity index is 1.87. The maximum Gasteiger partial charge on any atom is 0.191 e. The molecule has 1 aliphatic rings. The van der Waals surface area contributed by atoms with Crippen LogP contribution in [0.25, 0.3) is 0 Å². The number of aryl methyl sites for hydroxylation is 1. The Morgan fingerprint density at radius 1 is 1.57 bits per heavy atom. The van der Waals surface area contributed by atoms with Crippen LogP contribution in [0.15, 0.2) is 17.4 Å². The predicted molar refractivity (Wildman–Crippen MR) is 83.1 cm³/mol. The Morgan fingerprint density at radius 2 is 2.38 bits per heavy atom. The molecule has 0 aliphatic carbocycles. The highest BCUT2D eigenvalue weighted by atomic mass is 32.2. The molecule has 8 heteroatoms. The van der Waals surface area contributed by atoms with Gasteiger partial charge in [-0.2, -0.15) is 5.10 Å². The third-order valence-electron chi connectivity index (χ3n) is 3.28. The van der Waals surface area contributed by atoms with E-state index >= 15 is 0 Å². The summed E-state index contributed by atoms with van der Waals surface area (Å²) in [5.74, 6) is 1.12. The predicted octanol–water partition coefficient (Wildman–Crippen LogP) is -0.0663. The number of aromatic nitrogens is 2. The first kappa shape index (κ1) is 15.8. The first-order chi connectivity index (χ1) is 9.98. The molecule has 1 atom stereocenters. The highest BCUT2D eigenvalue weighted by Crippen LogP contribution is 2.10. The molecule has 1 aromatic heterocycles. The Kier molecular flexibility index (Phi) is 5.22. The van der Waals surface area contributed by atoms with E-state index < -0.39 is 9.84 Å². The average Bonchev–Trinajstić information content (AvgIpc) is 2.96. The Labute approximate surface area is 125 Å². The van der Waals surface area contributed by atoms with Crippen LogP contribution >= 0.6 is 0 Å². The van der Waals surface area contributed by atoms with Crippen molar-refractivity contribution < 1.29 is 8.42 Å². The molecule has 1 unspecified atom stereocenters. The standard InChI is InChI=1S/C13H23N5O2S/c1-3-14-13(17-12-4-7-21(19,20)10-12)15-5-6-18-9-11(2)8-16-18/h8-9,12H,3-7,10H2,1-2H3,(H2,14,15,17). The van der Waals surface area contributed by atoms with Crippen LogP contribution in [0.5, 0.6) is 0 Å². The molecule has 2 rings (SSSR count). The van der Waals surface area contributed by atoms with Crippen molar-refractivity contribution in [2.75, 3.05) is 24.6 Å². The topological polar surface area (TPSA) is 88.4 Å². The fraction of sp³-hybridized carbons (Fsp3) is 0.692. The van der Waals surface area contributed by atoms with Crippen LogP contribution in [0.1, 0.15) is 18.9 Å². The van der Waals surface area contributed by atoms with Gasteiger partial charge in [0.25, 0.3) is 0 Å². The molecule has 1 aromatic rings. The second-order valence-electron chi connectivity index (χ2n) is 5.29. The van der Waals surface area contributed by atoms with Gasteiger partial charge in [-0.15, -0.1) is 0 Å². The minimum absolute atomic E-state index is 0.0419. The van der Waals surface area contributed by atoms with Gasteiger partial charge in [-0.05, 0) is 25.8 Å². The molecular formula is C13H23N5O2S. The van der Waals surface area contributed by atoms with Crippen LogP contribution in [0.4, 0.5) is 0 Å². The van der Waals surface area contributed by atoms with E-state index in [9.17, 15) is 8.42 Å². The minimum Gasteiger partial charge on any atom is -0.357 e. The molecule has 7 nitrogen and oxygen atoms in total. The number of nitrogens with one attached hydrogen (secondary N) is 2. The van der Waals surface area contributed by atoms with Gasteiger partial charge in [0, 0.05) is 18.8 Å². The van der Waals surface area contributed by atoms with Gasteiger partial charge in [0.2, 0.25) is 0 Å². The summed E-state index contributed by atoms with van der Waals surface area (Å²) < 4.78 is 24.8. The zero-order chi connectivity index (χ0) is 15.3. The zero-order valence-electron chi connectivity index (χ0n) is 12.5. The van der Waals surface area contributed by atoms with Crippen molar-refractivity contribution >= 4 is 15.8 Å². The van der Waals surface area contributed by atoms with E-state index in [2.05, 4.69) is 20.7 Å². The van der Waals surface area contributed by atoms with E-state index in [4.69, 9.17) is 0 Å². The lowest BCUT2D eigenvalue weighted by atomic mass is 10.3. The van der Waals surface area contributed by atoms with Gasteiger partial charge in [0.05, 0.1) is 30.8 Å². The first-order valence-corrected chi connectivity index (χ1v) is 9.05. The smallest absolute Gasteiger partial charge is 0.191 e. The SMILES string of the molecule is CCNC(=NCCn1cc(C)cn1)NC1CCS(=O)(=O)C1. The van der Waals surface area contributed by atoms with Gasteiger partial charge >= 0.3 is 0 Å². The molecule has 1 saturated heterocycles. The summed E-state index contributed by atoms with van der Waals surface area (Å²) in [5, 5.41) is 10.5. The van der Waals surface area contributed by atoms with Gasteiger partial charge in [-0.1, -0.05) is 0 Å². The fourth-order valence-corrected chi connectivity index (χ4v) is 3.95. The van der Waals surface area contributed by atoms with Crippen LogP contribution in [0, 0.1) is 6.92 Å². The quantitative estimate of drug-likeness (QED) is 0.587. The summed E-state index contributed by atoms with van der Waals surface area (Å²) >= 11 is 0. The maximum absolute atomic E-state index is 11.5. The van der Waals surface area contributed by atoms with Crippen LogP contribution in [0.3, 0.4) is 0 Å². The Hall–Kier alpha value is -1.57. The normalized spacial score (nSPS) is 21.4. The number of hydrogen-bond acceptors (Lipinski definition) is 4. The number of hydrogen-bond donors (Lipinski definition) is 2. The monoisotopic (exact) mass is 313 g/mol. The molecule has 21 heavy (non-hydrogen) atoms. The summed E-state index contributed by atoms with van der Waals surface area (Å²) in [6, 6.07) is -0.0419. The van der Waals surface area contributed by atoms with Crippen molar-refractivity contribution in [3.05, 3.63) is 18.0 Å². The van der Waals surface area contributed by atoms with E-state index in [0.717, 1.165) is 12.1 Å². The van der Waals surface area contributed by atoms with E-state index in [1.54, 1.807) is 0 Å². The van der Waals surface area contributed by atoms with E-state index in [1.807, 2.05) is 30.9 Å². The first-order valence-electron chi connectivity index (χ1n) is 7.23. The van der Waals surface area contributed by atoms with E-state index in [1.165, 1.54) is 0 Å². The van der Waals surface area contributed by atoms with Crippen molar-refractivity contribution in [2.24, 2.45) is 4.99 Å². The molecular weight excluding hydrogens is 290 g/mol. The van der Waals surface area contributed by atoms with Crippen molar-refractivity contribution in [1.82, 2.24) is 20.4 Å². The summed E-state index contributed by atoms with van der Waals surface area (Å²) in [5.41, 5.74) is 1.13. The molecule has 0 bridgehead atoms. The third-order valence-corrected chi connectivity index (χ3v) is 5.05. The lowest BCUT2D eigenvalue weighted by Crippen LogP contribution is -2.44. The van der Waals surface area contributed by atoms with Crippen molar-refractivity contribution in [2.45, 2.75) is 32.9 Å². The van der Waals surface area contributed by atoms with Crippen LogP contribution in [-0.4, -0.2) is 54.8 Å². The highest BCUT2D eigenvalue weighted by molar-refractivity contribution is 7.91. The van der Waals surface area contributed by atoms with E-state index in [0.29, 0.717) is 25.5 Å². The molecule has 0 saturated carbocycles. The molecule has 2 N–H and O–H groups in total. The van der Waals surface area contributed by atoms with Crippen LogP contribution in [-0.2, 0) is 16.4 Å². The molecule has 0 spiro atoms. The summed E-state index contributed by atoms with van der Waals surface area (Å²) in [4.78, 5) is 4.47. The summed E-state index contributed by atoms with van der Waals surface area (Å²) in [6.45, 7) is 6.02. The third kappa shape index (κ3) is 5.04. The zero-order valence-corrected chi connectivity index (χ0v) is 13.4. The molecule has 118 valence electrons. The van der Waals surface area contributed by atoms with Crippen LogP contribution in [0.2, 0.25) is 0 Å². The van der Waals surface area contributed by atoms with Crippen molar-refractivity contribution in [1.29, 1.82) is 0 Å². The maximum atomic E-state index is 11.5. The largest absolute Gasteiger partial charge is 0.357 e. The summed E-state index contributed by atoms with van der Waals surface area (Å²) in [7, 11) is -2.88. The molecule has 0 aromatic carbocycles. The lowest BCUT2D eigenvalue weighted by Gasteiger charge is -2.15. The van der Waals surface area contributed by atoms with Crippen molar-refractivity contribution in [3.8, 4) is 0 Å².